The average molecular weight is 643 g/mol. The summed E-state index contributed by atoms with van der Waals surface area (Å²) in [4.78, 5) is 56.3. The number of aliphatic hydroxyl groups excluding tert-OH is 1. The number of para-hydroxylation sites is 2. The van der Waals surface area contributed by atoms with Crippen molar-refractivity contribution in [3.63, 3.8) is 0 Å². The van der Waals surface area contributed by atoms with Gasteiger partial charge in [-0.15, -0.1) is 0 Å². The highest BCUT2D eigenvalue weighted by Gasteiger charge is 2.64. The first kappa shape index (κ1) is 31.9. The fourth-order valence-corrected chi connectivity index (χ4v) is 5.96. The third kappa shape index (κ3) is 5.85. The number of aromatic nitrogens is 4. The number of anilines is 3. The Bertz CT molecular complexity index is 1740. The number of urea groups is 1. The Balaban J connectivity index is 1.42. The summed E-state index contributed by atoms with van der Waals surface area (Å²) >= 11 is 0. The van der Waals surface area contributed by atoms with Crippen LogP contribution < -0.4 is 20.3 Å². The van der Waals surface area contributed by atoms with Crippen molar-refractivity contribution >= 4 is 46.5 Å². The molecule has 2 aromatic carbocycles. The summed E-state index contributed by atoms with van der Waals surface area (Å²) in [7, 11) is 0. The standard InChI is InChI=1S/C33H38N8O6/c1-6-33-17-39(31(44)35-20(4)5)24(25(33)42)29(47-33)40-18-34-23-26(40)36-30(37-27(43)19(2)3)38-28(23)46-32(45)41(21-13-9-7-10-14-21)22-15-11-8-12-16-22/h7-16,18-20,24-25,29,42H,6,17H2,1-5H3,(H,35,44)(H,36,37,38,43)/t24-,25+,29-,33+/m1/s1. The van der Waals surface area contributed by atoms with Crippen LogP contribution in [0.3, 0.4) is 0 Å². The number of amides is 4. The lowest BCUT2D eigenvalue weighted by Crippen LogP contribution is -2.52. The van der Waals surface area contributed by atoms with Gasteiger partial charge < -0.3 is 24.8 Å². The van der Waals surface area contributed by atoms with Gasteiger partial charge in [-0.05, 0) is 44.5 Å². The highest BCUT2D eigenvalue weighted by molar-refractivity contribution is 5.98. The molecule has 2 aromatic heterocycles. The maximum Gasteiger partial charge on any atom is 0.425 e. The van der Waals surface area contributed by atoms with Crippen molar-refractivity contribution in [1.82, 2.24) is 29.7 Å². The van der Waals surface area contributed by atoms with E-state index in [1.807, 2.05) is 32.9 Å². The maximum atomic E-state index is 13.9. The summed E-state index contributed by atoms with van der Waals surface area (Å²) < 4.78 is 14.0. The molecule has 0 radical (unpaired) electrons. The lowest BCUT2D eigenvalue weighted by atomic mass is 9.96. The molecular weight excluding hydrogens is 604 g/mol. The largest absolute Gasteiger partial charge is 0.425 e. The number of carbonyl (C=O) groups is 3. The Morgan fingerprint density at radius 1 is 1.04 bits per heavy atom. The van der Waals surface area contributed by atoms with Crippen LogP contribution in [0.25, 0.3) is 11.2 Å². The molecule has 2 bridgehead atoms. The molecule has 2 fully saturated rings. The van der Waals surface area contributed by atoms with Crippen molar-refractivity contribution in [2.24, 2.45) is 5.92 Å². The average Bonchev–Trinajstić information content (AvgIpc) is 3.69. The van der Waals surface area contributed by atoms with Gasteiger partial charge in [-0.2, -0.15) is 9.97 Å². The van der Waals surface area contributed by atoms with Crippen LogP contribution in [0.4, 0.5) is 26.9 Å². The van der Waals surface area contributed by atoms with Crippen LogP contribution in [0.15, 0.2) is 67.0 Å². The van der Waals surface area contributed by atoms with Crippen LogP contribution >= 0.6 is 0 Å². The van der Waals surface area contributed by atoms with Gasteiger partial charge in [0.25, 0.3) is 5.88 Å². The quantitative estimate of drug-likeness (QED) is 0.249. The summed E-state index contributed by atoms with van der Waals surface area (Å²) in [5.41, 5.74) is 0.395. The van der Waals surface area contributed by atoms with Crippen LogP contribution in [-0.2, 0) is 9.53 Å². The number of nitrogens with one attached hydrogen (secondary N) is 2. The molecule has 4 atom stereocenters. The van der Waals surface area contributed by atoms with E-state index in [-0.39, 0.29) is 47.5 Å². The number of nitrogens with zero attached hydrogens (tertiary/aromatic N) is 6. The molecule has 2 aliphatic rings. The van der Waals surface area contributed by atoms with Crippen molar-refractivity contribution in [2.45, 2.75) is 71.1 Å². The topological polar surface area (TPSA) is 164 Å². The van der Waals surface area contributed by atoms with E-state index >= 15 is 0 Å². The Morgan fingerprint density at radius 2 is 1.68 bits per heavy atom. The van der Waals surface area contributed by atoms with E-state index in [1.54, 1.807) is 71.8 Å². The molecule has 4 aromatic rings. The Kier molecular flexibility index (Phi) is 8.55. The zero-order chi connectivity index (χ0) is 33.5. The number of aliphatic hydroxyl groups is 1. The Labute approximate surface area is 271 Å². The number of hydrogen-bond acceptors (Lipinski definition) is 9. The van der Waals surface area contributed by atoms with E-state index in [9.17, 15) is 19.5 Å². The summed E-state index contributed by atoms with van der Waals surface area (Å²) in [6.45, 7) is 9.27. The summed E-state index contributed by atoms with van der Waals surface area (Å²) in [5, 5.41) is 17.0. The third-order valence-corrected chi connectivity index (χ3v) is 8.40. The zero-order valence-electron chi connectivity index (χ0n) is 26.8. The van der Waals surface area contributed by atoms with Gasteiger partial charge in [0, 0.05) is 12.0 Å². The van der Waals surface area contributed by atoms with E-state index in [1.165, 1.54) is 11.2 Å². The van der Waals surface area contributed by atoms with Crippen molar-refractivity contribution in [2.75, 3.05) is 16.8 Å². The molecule has 0 spiro atoms. The number of benzene rings is 2. The number of morpholine rings is 1. The number of hydrogen-bond donors (Lipinski definition) is 3. The number of fused-ring (bicyclic) bond motifs is 3. The van der Waals surface area contributed by atoms with Gasteiger partial charge in [-0.25, -0.2) is 19.5 Å². The number of rotatable bonds is 8. The fraction of sp³-hybridized carbons (Fsp3) is 0.394. The molecule has 4 amide bonds. The molecule has 0 aliphatic carbocycles. The minimum Gasteiger partial charge on any atom is -0.388 e. The molecule has 0 saturated carbocycles. The van der Waals surface area contributed by atoms with Crippen LogP contribution in [0, 0.1) is 5.92 Å². The minimum absolute atomic E-state index is 0.116. The Hall–Kier alpha value is -5.08. The molecular formula is C33H38N8O6. The van der Waals surface area contributed by atoms with Gasteiger partial charge in [-0.3, -0.25) is 14.7 Å². The van der Waals surface area contributed by atoms with E-state index in [4.69, 9.17) is 9.47 Å². The van der Waals surface area contributed by atoms with Gasteiger partial charge in [-0.1, -0.05) is 57.2 Å². The van der Waals surface area contributed by atoms with Crippen LogP contribution in [0.2, 0.25) is 0 Å². The third-order valence-electron chi connectivity index (χ3n) is 8.40. The summed E-state index contributed by atoms with van der Waals surface area (Å²) in [6.07, 6.45) is -0.763. The molecule has 2 aliphatic heterocycles. The maximum absolute atomic E-state index is 13.9. The molecule has 2 saturated heterocycles. The molecule has 14 heteroatoms. The van der Waals surface area contributed by atoms with Crippen molar-refractivity contribution in [3.8, 4) is 5.88 Å². The van der Waals surface area contributed by atoms with E-state index < -0.39 is 36.0 Å². The van der Waals surface area contributed by atoms with Crippen LogP contribution in [-0.4, -0.2) is 77.9 Å². The van der Waals surface area contributed by atoms with Crippen molar-refractivity contribution in [3.05, 3.63) is 67.0 Å². The van der Waals surface area contributed by atoms with Crippen molar-refractivity contribution in [1.29, 1.82) is 0 Å². The lowest BCUT2D eigenvalue weighted by Gasteiger charge is -2.37. The second-order valence-electron chi connectivity index (χ2n) is 12.3. The van der Waals surface area contributed by atoms with Crippen molar-refractivity contribution < 1.29 is 29.0 Å². The molecule has 3 N–H and O–H groups in total. The molecule has 14 nitrogen and oxygen atoms in total. The fourth-order valence-electron chi connectivity index (χ4n) is 5.96. The number of ether oxygens (including phenoxy) is 2. The van der Waals surface area contributed by atoms with E-state index in [2.05, 4.69) is 25.6 Å². The predicted molar refractivity (Wildman–Crippen MR) is 173 cm³/mol. The SMILES string of the molecule is CC[C@@]12CN(C(=O)NC(C)C)[C@@H]([C@H](n3cnc4c(OC(=O)N(c5ccccc5)c5ccccc5)nc(NC(=O)C(C)C)nc43)O1)[C@@H]2O. The molecule has 0 unspecified atom stereocenters. The number of imidazole rings is 1. The first-order valence-corrected chi connectivity index (χ1v) is 15.6. The highest BCUT2D eigenvalue weighted by Crippen LogP contribution is 2.49. The summed E-state index contributed by atoms with van der Waals surface area (Å²) in [5.74, 6) is -1.05. The number of likely N-dealkylation sites (tertiary alicyclic amines) is 1. The first-order chi connectivity index (χ1) is 22.5. The second kappa shape index (κ2) is 12.6. The van der Waals surface area contributed by atoms with Gasteiger partial charge in [0.1, 0.15) is 17.7 Å². The molecule has 246 valence electrons. The molecule has 4 heterocycles. The molecule has 6 rings (SSSR count). The Morgan fingerprint density at radius 3 is 2.23 bits per heavy atom. The predicted octanol–water partition coefficient (Wildman–Crippen LogP) is 4.60. The van der Waals surface area contributed by atoms with Crippen LogP contribution in [0.1, 0.15) is 47.3 Å². The monoisotopic (exact) mass is 642 g/mol. The zero-order valence-corrected chi connectivity index (χ0v) is 26.8. The smallest absolute Gasteiger partial charge is 0.388 e. The highest BCUT2D eigenvalue weighted by atomic mass is 16.6. The van der Waals surface area contributed by atoms with Gasteiger partial charge >= 0.3 is 12.1 Å². The van der Waals surface area contributed by atoms with Gasteiger partial charge in [0.2, 0.25) is 11.9 Å². The summed E-state index contributed by atoms with van der Waals surface area (Å²) in [6, 6.07) is 16.8. The van der Waals surface area contributed by atoms with E-state index in [0.29, 0.717) is 17.8 Å². The minimum atomic E-state index is -1.01. The molecule has 47 heavy (non-hydrogen) atoms. The van der Waals surface area contributed by atoms with Crippen LogP contribution in [0.5, 0.6) is 5.88 Å². The normalized spacial score (nSPS) is 21.8. The van der Waals surface area contributed by atoms with Gasteiger partial charge in [0.15, 0.2) is 17.4 Å². The second-order valence-corrected chi connectivity index (χ2v) is 12.3. The van der Waals surface area contributed by atoms with E-state index in [0.717, 1.165) is 0 Å². The first-order valence-electron chi connectivity index (χ1n) is 15.6. The number of carbonyl (C=O) groups excluding carboxylic acids is 3. The van der Waals surface area contributed by atoms with Gasteiger partial charge in [0.05, 0.1) is 24.2 Å². The lowest BCUT2D eigenvalue weighted by molar-refractivity contribution is -0.128.